The van der Waals surface area contributed by atoms with Crippen LogP contribution in [0, 0.1) is 40.8 Å². The lowest BCUT2D eigenvalue weighted by atomic mass is 10.0. The molecule has 1 heterocycles. The average molecular weight is 769 g/mol. The number of hydrogen-bond acceptors (Lipinski definition) is 5. The molecule has 0 spiro atoms. The predicted octanol–water partition coefficient (Wildman–Crippen LogP) is 11.8. The van der Waals surface area contributed by atoms with Crippen LogP contribution in [0.2, 0.25) is 0 Å². The smallest absolute Gasteiger partial charge is 0.429 e. The molecule has 4 aromatic rings. The van der Waals surface area contributed by atoms with Gasteiger partial charge >= 0.3 is 12.5 Å². The number of benzene rings is 4. The molecule has 1 saturated heterocycles. The summed E-state index contributed by atoms with van der Waals surface area (Å²) in [5.74, 6) is -10.0. The summed E-state index contributed by atoms with van der Waals surface area (Å²) in [6, 6.07) is 6.85. The van der Waals surface area contributed by atoms with Crippen molar-refractivity contribution in [3.05, 3.63) is 107 Å². The third-order valence-corrected chi connectivity index (χ3v) is 10.9. The third kappa shape index (κ3) is 9.43. The Morgan fingerprint density at radius 1 is 0.686 bits per heavy atom. The lowest BCUT2D eigenvalue weighted by Gasteiger charge is -2.28. The Kier molecular flexibility index (Phi) is 12.1. The molecule has 0 saturated carbocycles. The van der Waals surface area contributed by atoms with E-state index in [1.165, 1.54) is 12.1 Å². The van der Waals surface area contributed by atoms with Gasteiger partial charge in [0.2, 0.25) is 0 Å². The van der Waals surface area contributed by atoms with Crippen LogP contribution in [-0.4, -0.2) is 31.1 Å². The first-order valence-corrected chi connectivity index (χ1v) is 17.4. The van der Waals surface area contributed by atoms with Crippen LogP contribution in [0.3, 0.4) is 0 Å². The van der Waals surface area contributed by atoms with Crippen molar-refractivity contribution in [2.75, 3.05) is 24.7 Å². The molecule has 0 N–H and O–H groups in total. The van der Waals surface area contributed by atoms with Gasteiger partial charge in [-0.1, -0.05) is 31.5 Å². The standard InChI is InChI=1S/C35H27F11O3S2/c1-2-3-8-47-15-18-16-50-33(51-17-18)20-4-6-23(24(36)10-20)21-11-28(40)32(29(41)12-21)34(42,43)48-22-13-26(38)31(27(39)14-22)19-5-7-30(25(37)9-19)49-35(44,45)46/h4-7,9-14,18,33H,2-3,8,15-17H2,1H3. The zero-order chi connectivity index (χ0) is 37.1. The Bertz CT molecular complexity index is 1820. The van der Waals surface area contributed by atoms with Crippen molar-refractivity contribution in [3.63, 3.8) is 0 Å². The van der Waals surface area contributed by atoms with Gasteiger partial charge in [0.05, 0.1) is 16.8 Å². The molecule has 0 unspecified atom stereocenters. The molecule has 1 aliphatic heterocycles. The molecule has 1 fully saturated rings. The van der Waals surface area contributed by atoms with Crippen molar-refractivity contribution < 1.29 is 62.5 Å². The average Bonchev–Trinajstić information content (AvgIpc) is 3.03. The monoisotopic (exact) mass is 768 g/mol. The second kappa shape index (κ2) is 15.9. The minimum absolute atomic E-state index is 0.101. The lowest BCUT2D eigenvalue weighted by molar-refractivity contribution is -0.275. The number of thioether (sulfide) groups is 2. The van der Waals surface area contributed by atoms with Crippen LogP contribution >= 0.6 is 23.5 Å². The molecular formula is C35H27F11O3S2. The first-order chi connectivity index (χ1) is 24.1. The van der Waals surface area contributed by atoms with Gasteiger partial charge in [-0.15, -0.1) is 36.7 Å². The van der Waals surface area contributed by atoms with Crippen molar-refractivity contribution in [2.45, 2.75) is 36.8 Å². The molecule has 0 bridgehead atoms. The highest BCUT2D eigenvalue weighted by Gasteiger charge is 2.42. The highest BCUT2D eigenvalue weighted by atomic mass is 32.2. The molecule has 1 aliphatic rings. The lowest BCUT2D eigenvalue weighted by Crippen LogP contribution is -2.25. The van der Waals surface area contributed by atoms with Crippen LogP contribution in [0.4, 0.5) is 48.3 Å². The molecule has 51 heavy (non-hydrogen) atoms. The van der Waals surface area contributed by atoms with Crippen LogP contribution in [0.25, 0.3) is 22.3 Å². The van der Waals surface area contributed by atoms with Crippen LogP contribution < -0.4 is 9.47 Å². The van der Waals surface area contributed by atoms with E-state index in [4.69, 9.17) is 4.74 Å². The molecule has 16 heteroatoms. The summed E-state index contributed by atoms with van der Waals surface area (Å²) in [6.07, 6.45) is -8.10. The zero-order valence-electron chi connectivity index (χ0n) is 26.4. The van der Waals surface area contributed by atoms with Gasteiger partial charge in [0.1, 0.15) is 40.4 Å². The Hall–Kier alpha value is -3.63. The molecule has 0 radical (unpaired) electrons. The van der Waals surface area contributed by atoms with Gasteiger partial charge in [0, 0.05) is 41.7 Å². The first-order valence-electron chi connectivity index (χ1n) is 15.3. The highest BCUT2D eigenvalue weighted by molar-refractivity contribution is 8.16. The third-order valence-electron chi connectivity index (χ3n) is 7.58. The molecule has 4 aromatic carbocycles. The Morgan fingerprint density at radius 3 is 1.88 bits per heavy atom. The maximum atomic E-state index is 15.2. The quantitative estimate of drug-likeness (QED) is 0.106. The number of ether oxygens (including phenoxy) is 3. The second-order valence-electron chi connectivity index (χ2n) is 11.4. The SMILES string of the molecule is CCCCOCC1CSC(c2ccc(-c3cc(F)c(C(F)(F)Oc4cc(F)c(-c5ccc(OC(F)(F)F)c(F)c5)c(F)c4)c(F)c3)c(F)c2)SC1. The summed E-state index contributed by atoms with van der Waals surface area (Å²) in [7, 11) is 0. The fourth-order valence-corrected chi connectivity index (χ4v) is 8.20. The summed E-state index contributed by atoms with van der Waals surface area (Å²) in [5, 5.41) is 0. The van der Waals surface area contributed by atoms with Crippen LogP contribution in [0.5, 0.6) is 11.5 Å². The largest absolute Gasteiger partial charge is 0.573 e. The van der Waals surface area contributed by atoms with Gasteiger partial charge < -0.3 is 14.2 Å². The molecule has 0 aromatic heterocycles. The normalized spacial score (nSPS) is 16.7. The van der Waals surface area contributed by atoms with Gasteiger partial charge in [0.15, 0.2) is 11.6 Å². The molecule has 0 amide bonds. The Balaban J connectivity index is 1.30. The van der Waals surface area contributed by atoms with Gasteiger partial charge in [-0.3, -0.25) is 0 Å². The van der Waals surface area contributed by atoms with Crippen LogP contribution in [0.15, 0.2) is 60.7 Å². The van der Waals surface area contributed by atoms with E-state index in [2.05, 4.69) is 16.4 Å². The fourth-order valence-electron chi connectivity index (χ4n) is 5.19. The minimum Gasteiger partial charge on any atom is -0.429 e. The van der Waals surface area contributed by atoms with E-state index in [0.29, 0.717) is 55.0 Å². The van der Waals surface area contributed by atoms with Crippen molar-refractivity contribution in [1.29, 1.82) is 0 Å². The summed E-state index contributed by atoms with van der Waals surface area (Å²) in [4.78, 5) is 0. The van der Waals surface area contributed by atoms with E-state index in [1.54, 1.807) is 29.6 Å². The van der Waals surface area contributed by atoms with E-state index in [1.807, 2.05) is 0 Å². The van der Waals surface area contributed by atoms with E-state index in [0.717, 1.165) is 24.3 Å². The molecule has 5 rings (SSSR count). The first kappa shape index (κ1) is 38.6. The predicted molar refractivity (Wildman–Crippen MR) is 172 cm³/mol. The van der Waals surface area contributed by atoms with Crippen molar-refractivity contribution in [3.8, 4) is 33.8 Å². The second-order valence-corrected chi connectivity index (χ2v) is 14.0. The minimum atomic E-state index is -5.26. The van der Waals surface area contributed by atoms with Gasteiger partial charge in [0.25, 0.3) is 0 Å². The Labute approximate surface area is 293 Å². The maximum absolute atomic E-state index is 15.2. The van der Waals surface area contributed by atoms with E-state index >= 15 is 22.0 Å². The van der Waals surface area contributed by atoms with Gasteiger partial charge in [-0.25, -0.2) is 26.3 Å². The molecular weight excluding hydrogens is 741 g/mol. The number of alkyl halides is 5. The van der Waals surface area contributed by atoms with E-state index in [-0.39, 0.29) is 22.3 Å². The summed E-state index contributed by atoms with van der Waals surface area (Å²) in [6.45, 7) is 3.40. The summed E-state index contributed by atoms with van der Waals surface area (Å²) in [5.41, 5.74) is -3.64. The van der Waals surface area contributed by atoms with Gasteiger partial charge in [-0.05, 0) is 53.4 Å². The molecule has 3 nitrogen and oxygen atoms in total. The number of unbranched alkanes of at least 4 members (excludes halogenated alkanes) is 1. The number of rotatable bonds is 12. The summed E-state index contributed by atoms with van der Waals surface area (Å²) < 4.78 is 170. The van der Waals surface area contributed by atoms with Crippen molar-refractivity contribution >= 4 is 23.5 Å². The summed E-state index contributed by atoms with van der Waals surface area (Å²) >= 11 is 3.22. The molecule has 274 valence electrons. The zero-order valence-corrected chi connectivity index (χ0v) is 28.0. The maximum Gasteiger partial charge on any atom is 0.573 e. The Morgan fingerprint density at radius 2 is 1.31 bits per heavy atom. The van der Waals surface area contributed by atoms with E-state index < -0.39 is 81.1 Å². The van der Waals surface area contributed by atoms with Gasteiger partial charge in [-0.2, -0.15) is 8.78 Å². The number of halogens is 11. The highest BCUT2D eigenvalue weighted by Crippen LogP contribution is 2.46. The van der Waals surface area contributed by atoms with Crippen LogP contribution in [0.1, 0.15) is 35.5 Å². The molecule has 0 aliphatic carbocycles. The van der Waals surface area contributed by atoms with Crippen molar-refractivity contribution in [1.82, 2.24) is 0 Å². The number of hydrogen-bond donors (Lipinski definition) is 0. The molecule has 0 atom stereocenters. The van der Waals surface area contributed by atoms with Crippen LogP contribution in [-0.2, 0) is 10.8 Å². The van der Waals surface area contributed by atoms with Crippen molar-refractivity contribution in [2.24, 2.45) is 5.92 Å². The fraction of sp³-hybridized carbons (Fsp3) is 0.314. The topological polar surface area (TPSA) is 27.7 Å². The van der Waals surface area contributed by atoms with E-state index in [9.17, 15) is 26.3 Å².